The first-order valence-corrected chi connectivity index (χ1v) is 6.79. The lowest BCUT2D eigenvalue weighted by Gasteiger charge is -2.05. The predicted octanol–water partition coefficient (Wildman–Crippen LogP) is 2.95. The van der Waals surface area contributed by atoms with Crippen LogP contribution >= 0.6 is 0 Å². The standard InChI is InChI=1S/C15H17N5/c1-3-8-16-14-13-9-19-20(15(13)18-10-17-14)12-6-4-11(2)5-7-12/h4-7,9-10H,3,8H2,1-2H3,(H,16,17,18). The number of aryl methyl sites for hydroxylation is 1. The molecule has 20 heavy (non-hydrogen) atoms. The molecule has 0 saturated carbocycles. The van der Waals surface area contributed by atoms with Gasteiger partial charge in [-0.2, -0.15) is 5.10 Å². The number of rotatable bonds is 4. The summed E-state index contributed by atoms with van der Waals surface area (Å²) < 4.78 is 1.84. The molecule has 0 atom stereocenters. The van der Waals surface area contributed by atoms with Gasteiger partial charge in [-0.1, -0.05) is 24.6 Å². The van der Waals surface area contributed by atoms with Crippen molar-refractivity contribution in [2.24, 2.45) is 0 Å². The zero-order valence-electron chi connectivity index (χ0n) is 11.7. The van der Waals surface area contributed by atoms with E-state index in [2.05, 4.69) is 46.4 Å². The van der Waals surface area contributed by atoms with Crippen molar-refractivity contribution in [1.82, 2.24) is 19.7 Å². The quantitative estimate of drug-likeness (QED) is 0.789. The van der Waals surface area contributed by atoms with Gasteiger partial charge in [-0.05, 0) is 25.5 Å². The molecule has 0 fully saturated rings. The Hall–Kier alpha value is -2.43. The van der Waals surface area contributed by atoms with Gasteiger partial charge in [-0.3, -0.25) is 0 Å². The van der Waals surface area contributed by atoms with Crippen molar-refractivity contribution in [2.45, 2.75) is 20.3 Å². The van der Waals surface area contributed by atoms with Crippen molar-refractivity contribution in [3.63, 3.8) is 0 Å². The summed E-state index contributed by atoms with van der Waals surface area (Å²) in [6.45, 7) is 5.09. The van der Waals surface area contributed by atoms with Crippen molar-refractivity contribution >= 4 is 16.9 Å². The molecule has 5 heteroatoms. The van der Waals surface area contributed by atoms with Gasteiger partial charge in [0.1, 0.15) is 12.1 Å². The fourth-order valence-corrected chi connectivity index (χ4v) is 2.10. The summed E-state index contributed by atoms with van der Waals surface area (Å²) in [5.41, 5.74) is 3.05. The largest absolute Gasteiger partial charge is 0.369 e. The highest BCUT2D eigenvalue weighted by atomic mass is 15.3. The first-order chi connectivity index (χ1) is 9.79. The molecule has 0 aliphatic heterocycles. The molecular formula is C15H17N5. The number of hydrogen-bond donors (Lipinski definition) is 1. The minimum atomic E-state index is 0.822. The maximum atomic E-state index is 4.44. The minimum absolute atomic E-state index is 0.822. The van der Waals surface area contributed by atoms with Crippen molar-refractivity contribution in [2.75, 3.05) is 11.9 Å². The number of benzene rings is 1. The highest BCUT2D eigenvalue weighted by molar-refractivity contribution is 5.87. The van der Waals surface area contributed by atoms with Crippen LogP contribution in [0.4, 0.5) is 5.82 Å². The van der Waals surface area contributed by atoms with Crippen LogP contribution in [0, 0.1) is 6.92 Å². The van der Waals surface area contributed by atoms with Gasteiger partial charge in [-0.25, -0.2) is 14.6 Å². The normalized spacial score (nSPS) is 10.9. The molecule has 1 aromatic carbocycles. The van der Waals surface area contributed by atoms with Crippen LogP contribution in [0.15, 0.2) is 36.8 Å². The van der Waals surface area contributed by atoms with Gasteiger partial charge in [-0.15, -0.1) is 0 Å². The van der Waals surface area contributed by atoms with Crippen LogP contribution in [-0.2, 0) is 0 Å². The van der Waals surface area contributed by atoms with E-state index in [-0.39, 0.29) is 0 Å². The molecule has 3 aromatic rings. The number of nitrogens with one attached hydrogen (secondary N) is 1. The number of fused-ring (bicyclic) bond motifs is 1. The Morgan fingerprint density at radius 2 is 1.95 bits per heavy atom. The van der Waals surface area contributed by atoms with Gasteiger partial charge in [0, 0.05) is 6.54 Å². The third kappa shape index (κ3) is 2.22. The SMILES string of the molecule is CCCNc1ncnc2c1cnn2-c1ccc(C)cc1. The molecule has 0 spiro atoms. The van der Waals surface area contributed by atoms with Gasteiger partial charge in [0.05, 0.1) is 17.3 Å². The lowest BCUT2D eigenvalue weighted by Crippen LogP contribution is -2.03. The Balaban J connectivity index is 2.07. The third-order valence-corrected chi connectivity index (χ3v) is 3.19. The van der Waals surface area contributed by atoms with E-state index < -0.39 is 0 Å². The molecule has 0 aliphatic carbocycles. The highest BCUT2D eigenvalue weighted by Crippen LogP contribution is 2.21. The van der Waals surface area contributed by atoms with Gasteiger partial charge in [0.15, 0.2) is 5.65 Å². The van der Waals surface area contributed by atoms with Crippen LogP contribution in [0.1, 0.15) is 18.9 Å². The van der Waals surface area contributed by atoms with E-state index in [9.17, 15) is 0 Å². The van der Waals surface area contributed by atoms with E-state index in [0.717, 1.165) is 35.5 Å². The van der Waals surface area contributed by atoms with E-state index in [4.69, 9.17) is 0 Å². The Kier molecular flexibility index (Phi) is 3.33. The topological polar surface area (TPSA) is 55.6 Å². The van der Waals surface area contributed by atoms with E-state index in [1.807, 2.05) is 23.0 Å². The Bertz CT molecular complexity index is 715. The molecule has 0 amide bonds. The number of nitrogens with zero attached hydrogens (tertiary/aromatic N) is 4. The Morgan fingerprint density at radius 3 is 2.70 bits per heavy atom. The molecule has 0 aliphatic rings. The summed E-state index contributed by atoms with van der Waals surface area (Å²) in [6.07, 6.45) is 4.44. The first-order valence-electron chi connectivity index (χ1n) is 6.79. The maximum Gasteiger partial charge on any atom is 0.168 e. The molecule has 0 saturated heterocycles. The molecular weight excluding hydrogens is 250 g/mol. The summed E-state index contributed by atoms with van der Waals surface area (Å²) in [4.78, 5) is 8.65. The van der Waals surface area contributed by atoms with Crippen molar-refractivity contribution in [3.8, 4) is 5.69 Å². The summed E-state index contributed by atoms with van der Waals surface area (Å²) >= 11 is 0. The van der Waals surface area contributed by atoms with Crippen molar-refractivity contribution in [3.05, 3.63) is 42.4 Å². The molecule has 102 valence electrons. The van der Waals surface area contributed by atoms with Crippen molar-refractivity contribution < 1.29 is 0 Å². The third-order valence-electron chi connectivity index (χ3n) is 3.19. The second kappa shape index (κ2) is 5.28. The first kappa shape index (κ1) is 12.6. The summed E-state index contributed by atoms with van der Waals surface area (Å²) in [6, 6.07) is 8.23. The summed E-state index contributed by atoms with van der Waals surface area (Å²) in [5, 5.41) is 8.69. The summed E-state index contributed by atoms with van der Waals surface area (Å²) in [5.74, 6) is 0.843. The van der Waals surface area contributed by atoms with Crippen LogP contribution in [0.2, 0.25) is 0 Å². The number of aromatic nitrogens is 4. The second-order valence-electron chi connectivity index (χ2n) is 4.78. The van der Waals surface area contributed by atoms with Crippen LogP contribution in [-0.4, -0.2) is 26.3 Å². The predicted molar refractivity (Wildman–Crippen MR) is 80.2 cm³/mol. The molecule has 3 rings (SSSR count). The zero-order chi connectivity index (χ0) is 13.9. The molecule has 2 heterocycles. The zero-order valence-corrected chi connectivity index (χ0v) is 11.7. The second-order valence-corrected chi connectivity index (χ2v) is 4.78. The van der Waals surface area contributed by atoms with E-state index >= 15 is 0 Å². The van der Waals surface area contributed by atoms with Crippen LogP contribution in [0.3, 0.4) is 0 Å². The van der Waals surface area contributed by atoms with E-state index in [1.165, 1.54) is 5.56 Å². The van der Waals surface area contributed by atoms with Crippen LogP contribution in [0.5, 0.6) is 0 Å². The number of hydrogen-bond acceptors (Lipinski definition) is 4. The van der Waals surface area contributed by atoms with E-state index in [0.29, 0.717) is 0 Å². The van der Waals surface area contributed by atoms with Gasteiger partial charge < -0.3 is 5.32 Å². The Morgan fingerprint density at radius 1 is 1.15 bits per heavy atom. The average molecular weight is 267 g/mol. The Labute approximate surface area is 117 Å². The molecule has 5 nitrogen and oxygen atoms in total. The minimum Gasteiger partial charge on any atom is -0.369 e. The molecule has 2 aromatic heterocycles. The maximum absolute atomic E-state index is 4.44. The van der Waals surface area contributed by atoms with Crippen LogP contribution in [0.25, 0.3) is 16.7 Å². The molecule has 0 unspecified atom stereocenters. The fourth-order valence-electron chi connectivity index (χ4n) is 2.10. The van der Waals surface area contributed by atoms with Gasteiger partial charge >= 0.3 is 0 Å². The number of anilines is 1. The van der Waals surface area contributed by atoms with Gasteiger partial charge in [0.25, 0.3) is 0 Å². The van der Waals surface area contributed by atoms with E-state index in [1.54, 1.807) is 6.33 Å². The monoisotopic (exact) mass is 267 g/mol. The fraction of sp³-hybridized carbons (Fsp3) is 0.267. The average Bonchev–Trinajstić information content (AvgIpc) is 2.90. The highest BCUT2D eigenvalue weighted by Gasteiger charge is 2.10. The smallest absolute Gasteiger partial charge is 0.168 e. The van der Waals surface area contributed by atoms with Gasteiger partial charge in [0.2, 0.25) is 0 Å². The summed E-state index contributed by atoms with van der Waals surface area (Å²) in [7, 11) is 0. The molecule has 1 N–H and O–H groups in total. The lowest BCUT2D eigenvalue weighted by atomic mass is 10.2. The lowest BCUT2D eigenvalue weighted by molar-refractivity contribution is 0.894. The van der Waals surface area contributed by atoms with Crippen LogP contribution < -0.4 is 5.32 Å². The van der Waals surface area contributed by atoms with Crippen molar-refractivity contribution in [1.29, 1.82) is 0 Å². The molecule has 0 radical (unpaired) electrons. The molecule has 0 bridgehead atoms.